The normalized spacial score (nSPS) is 12.5. The minimum absolute atomic E-state index is 0.250. The molecule has 64 valence electrons. The molecule has 0 saturated heterocycles. The number of Topliss-reactive ketones (excluding diaryl/α,β-unsaturated/α-hetero) is 1. The summed E-state index contributed by atoms with van der Waals surface area (Å²) in [5, 5.41) is 0. The molecule has 0 radical (unpaired) electrons. The molecule has 0 N–H and O–H groups in total. The van der Waals surface area contributed by atoms with Crippen LogP contribution in [0.15, 0.2) is 12.7 Å². The molecule has 0 aliphatic heterocycles. The van der Waals surface area contributed by atoms with Gasteiger partial charge in [0.05, 0.1) is 0 Å². The van der Waals surface area contributed by atoms with Crippen molar-refractivity contribution in [3.63, 3.8) is 0 Å². The van der Waals surface area contributed by atoms with Gasteiger partial charge in [-0.25, -0.2) is 0 Å². The van der Waals surface area contributed by atoms with E-state index >= 15 is 0 Å². The molecule has 0 aliphatic rings. The average Bonchev–Trinajstić information content (AvgIpc) is 1.97. The second-order valence-electron chi connectivity index (χ2n) is 3.08. The summed E-state index contributed by atoms with van der Waals surface area (Å²) in [4.78, 5) is 10.8. The molecule has 1 nitrogen and oxygen atoms in total. The van der Waals surface area contributed by atoms with Gasteiger partial charge in [-0.1, -0.05) is 19.4 Å². The second-order valence-corrected chi connectivity index (χ2v) is 3.08. The zero-order chi connectivity index (χ0) is 8.69. The molecule has 0 bridgehead atoms. The number of allylic oxidation sites excluding steroid dienone is 1. The van der Waals surface area contributed by atoms with E-state index in [-0.39, 0.29) is 5.92 Å². The van der Waals surface area contributed by atoms with E-state index in [1.165, 1.54) is 6.42 Å². The van der Waals surface area contributed by atoms with E-state index in [0.29, 0.717) is 5.78 Å². The van der Waals surface area contributed by atoms with Crippen molar-refractivity contribution in [1.82, 2.24) is 0 Å². The summed E-state index contributed by atoms with van der Waals surface area (Å²) in [6.45, 7) is 7.31. The number of hydrogen-bond acceptors (Lipinski definition) is 1. The van der Waals surface area contributed by atoms with E-state index in [0.717, 1.165) is 19.3 Å². The van der Waals surface area contributed by atoms with Crippen LogP contribution in [0.1, 0.15) is 39.5 Å². The Morgan fingerprint density at radius 1 is 1.55 bits per heavy atom. The number of rotatable bonds is 6. The quantitative estimate of drug-likeness (QED) is 0.424. The summed E-state index contributed by atoms with van der Waals surface area (Å²) in [6.07, 6.45) is 6.35. The Bertz CT molecular complexity index is 127. The van der Waals surface area contributed by atoms with Gasteiger partial charge in [0.15, 0.2) is 0 Å². The predicted octanol–water partition coefficient (Wildman–Crippen LogP) is 2.96. The van der Waals surface area contributed by atoms with Gasteiger partial charge in [0.25, 0.3) is 0 Å². The third-order valence-electron chi connectivity index (χ3n) is 1.99. The van der Waals surface area contributed by atoms with Crippen molar-refractivity contribution < 1.29 is 4.79 Å². The number of unbranched alkanes of at least 4 members (excludes halogenated alkanes) is 2. The van der Waals surface area contributed by atoms with E-state index in [1.54, 1.807) is 6.92 Å². The molecular formula is C10H18O. The highest BCUT2D eigenvalue weighted by Gasteiger charge is 2.05. The first kappa shape index (κ1) is 10.4. The summed E-state index contributed by atoms with van der Waals surface area (Å²) in [6, 6.07) is 0. The van der Waals surface area contributed by atoms with Gasteiger partial charge < -0.3 is 0 Å². The maximum absolute atomic E-state index is 10.8. The Balaban J connectivity index is 3.24. The molecule has 0 saturated carbocycles. The lowest BCUT2D eigenvalue weighted by molar-refractivity contribution is -0.120. The number of ketones is 1. The topological polar surface area (TPSA) is 17.1 Å². The largest absolute Gasteiger partial charge is 0.300 e. The SMILES string of the molecule is C=CCCCCC(C)C(C)=O. The van der Waals surface area contributed by atoms with Gasteiger partial charge in [0.1, 0.15) is 5.78 Å². The van der Waals surface area contributed by atoms with Crippen LogP contribution in [0.2, 0.25) is 0 Å². The molecule has 1 unspecified atom stereocenters. The van der Waals surface area contributed by atoms with Gasteiger partial charge >= 0.3 is 0 Å². The van der Waals surface area contributed by atoms with E-state index in [9.17, 15) is 4.79 Å². The van der Waals surface area contributed by atoms with Crippen molar-refractivity contribution in [1.29, 1.82) is 0 Å². The molecular weight excluding hydrogens is 136 g/mol. The Kier molecular flexibility index (Phi) is 5.81. The van der Waals surface area contributed by atoms with Gasteiger partial charge in [-0.15, -0.1) is 6.58 Å². The molecule has 0 fully saturated rings. The molecule has 0 aliphatic carbocycles. The summed E-state index contributed by atoms with van der Waals surface area (Å²) in [7, 11) is 0. The molecule has 0 amide bonds. The lowest BCUT2D eigenvalue weighted by Gasteiger charge is -2.05. The lowest BCUT2D eigenvalue weighted by atomic mass is 10.00. The Morgan fingerprint density at radius 3 is 2.64 bits per heavy atom. The Morgan fingerprint density at radius 2 is 2.18 bits per heavy atom. The van der Waals surface area contributed by atoms with Crippen LogP contribution >= 0.6 is 0 Å². The number of carbonyl (C=O) groups is 1. The predicted molar refractivity (Wildman–Crippen MR) is 48.5 cm³/mol. The molecule has 0 rings (SSSR count). The zero-order valence-corrected chi connectivity index (χ0v) is 7.60. The molecule has 0 heterocycles. The molecule has 1 heteroatoms. The fourth-order valence-corrected chi connectivity index (χ4v) is 0.942. The van der Waals surface area contributed by atoms with E-state index in [2.05, 4.69) is 6.58 Å². The first-order valence-corrected chi connectivity index (χ1v) is 4.29. The third kappa shape index (κ3) is 5.84. The van der Waals surface area contributed by atoms with Crippen molar-refractivity contribution in [3.8, 4) is 0 Å². The van der Waals surface area contributed by atoms with Gasteiger partial charge in [-0.2, -0.15) is 0 Å². The van der Waals surface area contributed by atoms with Gasteiger partial charge in [0, 0.05) is 5.92 Å². The van der Waals surface area contributed by atoms with Crippen molar-refractivity contribution in [2.45, 2.75) is 39.5 Å². The minimum atomic E-state index is 0.250. The maximum atomic E-state index is 10.8. The first-order chi connectivity index (χ1) is 5.18. The number of carbonyl (C=O) groups excluding carboxylic acids is 1. The Hall–Kier alpha value is -0.590. The minimum Gasteiger partial charge on any atom is -0.300 e. The highest BCUT2D eigenvalue weighted by atomic mass is 16.1. The molecule has 0 aromatic carbocycles. The van der Waals surface area contributed by atoms with Crippen molar-refractivity contribution >= 4 is 5.78 Å². The summed E-state index contributed by atoms with van der Waals surface area (Å²) in [5.41, 5.74) is 0. The van der Waals surface area contributed by atoms with Gasteiger partial charge in [0.2, 0.25) is 0 Å². The van der Waals surface area contributed by atoms with E-state index in [1.807, 2.05) is 13.0 Å². The monoisotopic (exact) mass is 154 g/mol. The molecule has 11 heavy (non-hydrogen) atoms. The van der Waals surface area contributed by atoms with Crippen LogP contribution in [-0.2, 0) is 4.79 Å². The van der Waals surface area contributed by atoms with Gasteiger partial charge in [-0.3, -0.25) is 4.79 Å². The highest BCUT2D eigenvalue weighted by Crippen LogP contribution is 2.09. The highest BCUT2D eigenvalue weighted by molar-refractivity contribution is 5.77. The van der Waals surface area contributed by atoms with Crippen LogP contribution in [0, 0.1) is 5.92 Å². The van der Waals surface area contributed by atoms with Crippen LogP contribution in [0.3, 0.4) is 0 Å². The molecule has 0 aromatic rings. The summed E-state index contributed by atoms with van der Waals surface area (Å²) in [5.74, 6) is 0.559. The average molecular weight is 154 g/mol. The van der Waals surface area contributed by atoms with Crippen LogP contribution in [0.25, 0.3) is 0 Å². The van der Waals surface area contributed by atoms with Crippen LogP contribution in [0.5, 0.6) is 0 Å². The van der Waals surface area contributed by atoms with Crippen molar-refractivity contribution in [3.05, 3.63) is 12.7 Å². The van der Waals surface area contributed by atoms with E-state index in [4.69, 9.17) is 0 Å². The van der Waals surface area contributed by atoms with E-state index < -0.39 is 0 Å². The smallest absolute Gasteiger partial charge is 0.132 e. The van der Waals surface area contributed by atoms with Gasteiger partial charge in [-0.05, 0) is 26.2 Å². The first-order valence-electron chi connectivity index (χ1n) is 4.29. The second kappa shape index (κ2) is 6.14. The molecule has 1 atom stereocenters. The fraction of sp³-hybridized carbons (Fsp3) is 0.700. The number of hydrogen-bond donors (Lipinski definition) is 0. The third-order valence-corrected chi connectivity index (χ3v) is 1.99. The van der Waals surface area contributed by atoms with Crippen LogP contribution in [0.4, 0.5) is 0 Å². The van der Waals surface area contributed by atoms with Crippen LogP contribution in [-0.4, -0.2) is 5.78 Å². The summed E-state index contributed by atoms with van der Waals surface area (Å²) >= 11 is 0. The lowest BCUT2D eigenvalue weighted by Crippen LogP contribution is -2.05. The van der Waals surface area contributed by atoms with Crippen molar-refractivity contribution in [2.24, 2.45) is 5.92 Å². The van der Waals surface area contributed by atoms with Crippen LogP contribution < -0.4 is 0 Å². The fourth-order valence-electron chi connectivity index (χ4n) is 0.942. The summed E-state index contributed by atoms with van der Waals surface area (Å²) < 4.78 is 0. The van der Waals surface area contributed by atoms with Crippen molar-refractivity contribution in [2.75, 3.05) is 0 Å². The zero-order valence-electron chi connectivity index (χ0n) is 7.60. The standard InChI is InChI=1S/C10H18O/c1-4-5-6-7-8-9(2)10(3)11/h4,9H,1,5-8H2,2-3H3. The molecule has 0 spiro atoms. The Labute approximate surface area is 69.5 Å². The molecule has 0 aromatic heterocycles. The maximum Gasteiger partial charge on any atom is 0.132 e.